The Hall–Kier alpha value is -3.39. The van der Waals surface area contributed by atoms with Gasteiger partial charge in [-0.2, -0.15) is 0 Å². The second-order valence-corrected chi connectivity index (χ2v) is 8.47. The van der Waals surface area contributed by atoms with Crippen molar-refractivity contribution in [3.05, 3.63) is 89.7 Å². The molecule has 0 unspecified atom stereocenters. The smallest absolute Gasteiger partial charge is 0.255 e. The van der Waals surface area contributed by atoms with Crippen LogP contribution in [0.1, 0.15) is 15.9 Å². The van der Waals surface area contributed by atoms with Crippen LogP contribution in [-0.4, -0.2) is 27.7 Å². The molecule has 3 aromatic rings. The summed E-state index contributed by atoms with van der Waals surface area (Å²) in [5.41, 5.74) is 1.44. The van der Waals surface area contributed by atoms with Gasteiger partial charge in [0.1, 0.15) is 11.6 Å². The number of nitrogens with one attached hydrogen (secondary N) is 1. The lowest BCUT2D eigenvalue weighted by atomic mass is 10.1. The van der Waals surface area contributed by atoms with Crippen molar-refractivity contribution in [2.24, 2.45) is 0 Å². The molecule has 156 valence electrons. The molecule has 0 bridgehead atoms. The van der Waals surface area contributed by atoms with Crippen LogP contribution in [0.15, 0.2) is 72.8 Å². The van der Waals surface area contributed by atoms with E-state index in [1.54, 1.807) is 36.4 Å². The standard InChI is InChI=1S/C22H21FN2O4S/c1-29-21-10-6-5-9-20(21)24-22(26)16-11-13-18(14-12-16)25(30(2,27)28)15-17-7-3-4-8-19(17)23/h3-14H,15H2,1-2H3,(H,24,26). The van der Waals surface area contributed by atoms with Gasteiger partial charge < -0.3 is 10.1 Å². The summed E-state index contributed by atoms with van der Waals surface area (Å²) in [5, 5.41) is 2.76. The zero-order valence-corrected chi connectivity index (χ0v) is 17.3. The van der Waals surface area contributed by atoms with Gasteiger partial charge in [0.05, 0.1) is 31.3 Å². The van der Waals surface area contributed by atoms with E-state index in [2.05, 4.69) is 5.32 Å². The molecule has 3 rings (SSSR count). The van der Waals surface area contributed by atoms with Gasteiger partial charge in [0.15, 0.2) is 0 Å². The maximum Gasteiger partial charge on any atom is 0.255 e. The van der Waals surface area contributed by atoms with Crippen molar-refractivity contribution in [1.82, 2.24) is 0 Å². The van der Waals surface area contributed by atoms with Crippen LogP contribution in [0.2, 0.25) is 0 Å². The summed E-state index contributed by atoms with van der Waals surface area (Å²) >= 11 is 0. The topological polar surface area (TPSA) is 75.7 Å². The number of carbonyl (C=O) groups is 1. The lowest BCUT2D eigenvalue weighted by Crippen LogP contribution is -2.29. The van der Waals surface area contributed by atoms with Crippen molar-refractivity contribution in [1.29, 1.82) is 0 Å². The van der Waals surface area contributed by atoms with Crippen molar-refractivity contribution in [2.45, 2.75) is 6.54 Å². The number of nitrogens with zero attached hydrogens (tertiary/aromatic N) is 1. The molecular formula is C22H21FN2O4S. The van der Waals surface area contributed by atoms with E-state index in [9.17, 15) is 17.6 Å². The Morgan fingerprint density at radius 1 is 1.00 bits per heavy atom. The van der Waals surface area contributed by atoms with Gasteiger partial charge in [-0.15, -0.1) is 0 Å². The summed E-state index contributed by atoms with van der Waals surface area (Å²) in [4.78, 5) is 12.5. The number of anilines is 2. The minimum atomic E-state index is -3.67. The quantitative estimate of drug-likeness (QED) is 0.616. The van der Waals surface area contributed by atoms with E-state index in [1.807, 2.05) is 0 Å². The molecule has 0 aromatic heterocycles. The molecule has 3 aromatic carbocycles. The fourth-order valence-electron chi connectivity index (χ4n) is 2.90. The van der Waals surface area contributed by atoms with Crippen LogP contribution in [0.4, 0.5) is 15.8 Å². The molecule has 0 atom stereocenters. The average molecular weight is 428 g/mol. The van der Waals surface area contributed by atoms with Gasteiger partial charge in [-0.3, -0.25) is 9.10 Å². The van der Waals surface area contributed by atoms with Crippen LogP contribution in [0, 0.1) is 5.82 Å². The zero-order valence-electron chi connectivity index (χ0n) is 16.5. The molecule has 1 amide bonds. The molecule has 0 aliphatic carbocycles. The van der Waals surface area contributed by atoms with Gasteiger partial charge in [-0.25, -0.2) is 12.8 Å². The first-order valence-electron chi connectivity index (χ1n) is 9.05. The van der Waals surface area contributed by atoms with Gasteiger partial charge in [-0.05, 0) is 42.5 Å². The van der Waals surface area contributed by atoms with Crippen molar-refractivity contribution in [3.8, 4) is 5.75 Å². The van der Waals surface area contributed by atoms with Crippen molar-refractivity contribution in [2.75, 3.05) is 23.0 Å². The third kappa shape index (κ3) is 4.96. The molecule has 0 aliphatic heterocycles. The Balaban J connectivity index is 1.83. The van der Waals surface area contributed by atoms with E-state index in [4.69, 9.17) is 4.74 Å². The highest BCUT2D eigenvalue weighted by Crippen LogP contribution is 2.25. The molecule has 0 aliphatic rings. The van der Waals surface area contributed by atoms with Crippen LogP contribution in [0.3, 0.4) is 0 Å². The summed E-state index contributed by atoms with van der Waals surface area (Å²) in [5.74, 6) is -0.333. The van der Waals surface area contributed by atoms with Gasteiger partial charge in [0.25, 0.3) is 5.91 Å². The van der Waals surface area contributed by atoms with Crippen molar-refractivity contribution >= 4 is 27.3 Å². The molecule has 0 saturated carbocycles. The lowest BCUT2D eigenvalue weighted by Gasteiger charge is -2.23. The van der Waals surface area contributed by atoms with Crippen LogP contribution < -0.4 is 14.4 Å². The van der Waals surface area contributed by atoms with Crippen molar-refractivity contribution in [3.63, 3.8) is 0 Å². The Bertz CT molecular complexity index is 1150. The molecule has 8 heteroatoms. The number of amides is 1. The number of carbonyl (C=O) groups excluding carboxylic acids is 1. The normalized spacial score (nSPS) is 11.0. The van der Waals surface area contributed by atoms with Crippen molar-refractivity contribution < 1.29 is 22.3 Å². The van der Waals surface area contributed by atoms with E-state index in [0.717, 1.165) is 10.6 Å². The Morgan fingerprint density at radius 2 is 1.63 bits per heavy atom. The third-order valence-corrected chi connectivity index (χ3v) is 5.59. The predicted molar refractivity (Wildman–Crippen MR) is 115 cm³/mol. The fourth-order valence-corrected chi connectivity index (χ4v) is 3.78. The summed E-state index contributed by atoms with van der Waals surface area (Å²) in [6.07, 6.45) is 1.05. The minimum absolute atomic E-state index is 0.155. The monoisotopic (exact) mass is 428 g/mol. The Kier molecular flexibility index (Phi) is 6.37. The molecule has 0 saturated heterocycles. The summed E-state index contributed by atoms with van der Waals surface area (Å²) in [6, 6.07) is 19.0. The van der Waals surface area contributed by atoms with E-state index < -0.39 is 15.8 Å². The van der Waals surface area contributed by atoms with Gasteiger partial charge in [0.2, 0.25) is 10.0 Å². The van der Waals surface area contributed by atoms with E-state index in [-0.39, 0.29) is 18.0 Å². The fraction of sp³-hybridized carbons (Fsp3) is 0.136. The minimum Gasteiger partial charge on any atom is -0.495 e. The van der Waals surface area contributed by atoms with Crippen LogP contribution >= 0.6 is 0 Å². The second-order valence-electron chi connectivity index (χ2n) is 6.56. The highest BCUT2D eigenvalue weighted by Gasteiger charge is 2.20. The Labute approximate surface area is 175 Å². The first-order chi connectivity index (χ1) is 14.3. The molecule has 0 heterocycles. The molecule has 30 heavy (non-hydrogen) atoms. The average Bonchev–Trinajstić information content (AvgIpc) is 2.73. The van der Waals surface area contributed by atoms with Gasteiger partial charge in [-0.1, -0.05) is 30.3 Å². The summed E-state index contributed by atoms with van der Waals surface area (Å²) < 4.78 is 44.9. The first kappa shape index (κ1) is 21.3. The van der Waals surface area contributed by atoms with E-state index >= 15 is 0 Å². The highest BCUT2D eigenvalue weighted by atomic mass is 32.2. The summed E-state index contributed by atoms with van der Waals surface area (Å²) in [7, 11) is -2.16. The van der Waals surface area contributed by atoms with Crippen LogP contribution in [0.5, 0.6) is 5.75 Å². The number of benzene rings is 3. The van der Waals surface area contributed by atoms with E-state index in [0.29, 0.717) is 22.7 Å². The number of sulfonamides is 1. The SMILES string of the molecule is COc1ccccc1NC(=O)c1ccc(N(Cc2ccccc2F)S(C)(=O)=O)cc1. The molecule has 1 N–H and O–H groups in total. The first-order valence-corrected chi connectivity index (χ1v) is 10.9. The van der Waals surface area contributed by atoms with Gasteiger partial charge >= 0.3 is 0 Å². The second kappa shape index (κ2) is 8.96. The number of halogens is 1. The molecule has 6 nitrogen and oxygen atoms in total. The summed E-state index contributed by atoms with van der Waals surface area (Å²) in [6.45, 7) is -0.155. The maximum atomic E-state index is 14.0. The number of hydrogen-bond acceptors (Lipinski definition) is 4. The highest BCUT2D eigenvalue weighted by molar-refractivity contribution is 7.92. The molecule has 0 radical (unpaired) electrons. The van der Waals surface area contributed by atoms with Crippen LogP contribution in [0.25, 0.3) is 0 Å². The zero-order chi connectivity index (χ0) is 21.7. The number of para-hydroxylation sites is 2. The molecular weight excluding hydrogens is 407 g/mol. The van der Waals surface area contributed by atoms with E-state index in [1.165, 1.54) is 43.5 Å². The Morgan fingerprint density at radius 3 is 2.27 bits per heavy atom. The van der Waals surface area contributed by atoms with Gasteiger partial charge in [0, 0.05) is 11.1 Å². The lowest BCUT2D eigenvalue weighted by molar-refractivity contribution is 0.102. The number of rotatable bonds is 7. The largest absolute Gasteiger partial charge is 0.495 e. The predicted octanol–water partition coefficient (Wildman–Crippen LogP) is 4.05. The van der Waals surface area contributed by atoms with Crippen LogP contribution in [-0.2, 0) is 16.6 Å². The molecule has 0 spiro atoms. The maximum absolute atomic E-state index is 14.0. The third-order valence-electron chi connectivity index (χ3n) is 4.44. The number of methoxy groups -OCH3 is 1. The number of hydrogen-bond donors (Lipinski definition) is 1. The molecule has 0 fully saturated rings. The number of ether oxygens (including phenoxy) is 1.